The molecular formula is C13H22N2O4. The van der Waals surface area contributed by atoms with E-state index in [-0.39, 0.29) is 17.9 Å². The van der Waals surface area contributed by atoms with Gasteiger partial charge >= 0.3 is 5.97 Å². The van der Waals surface area contributed by atoms with Gasteiger partial charge < -0.3 is 20.1 Å². The SMILES string of the molecule is CCOC(=O)C1CCCCN1C(=O)C1CC(O)CN1. The second kappa shape index (κ2) is 6.34. The van der Waals surface area contributed by atoms with Crippen LogP contribution in [0.1, 0.15) is 32.6 Å². The van der Waals surface area contributed by atoms with Gasteiger partial charge in [-0.2, -0.15) is 0 Å². The lowest BCUT2D eigenvalue weighted by molar-refractivity contribution is -0.157. The average molecular weight is 270 g/mol. The van der Waals surface area contributed by atoms with Gasteiger partial charge in [-0.3, -0.25) is 4.79 Å². The Bertz CT molecular complexity index is 348. The highest BCUT2D eigenvalue weighted by atomic mass is 16.5. The number of β-amino-alcohol motifs (C(OH)–C–C–N with tert-alkyl or cyclic N) is 1. The Morgan fingerprint density at radius 2 is 2.21 bits per heavy atom. The molecule has 108 valence electrons. The summed E-state index contributed by atoms with van der Waals surface area (Å²) in [4.78, 5) is 25.9. The van der Waals surface area contributed by atoms with E-state index in [1.807, 2.05) is 0 Å². The number of likely N-dealkylation sites (tertiary alicyclic amines) is 1. The maximum absolute atomic E-state index is 12.4. The van der Waals surface area contributed by atoms with Crippen molar-refractivity contribution < 1.29 is 19.4 Å². The summed E-state index contributed by atoms with van der Waals surface area (Å²) in [5.41, 5.74) is 0. The van der Waals surface area contributed by atoms with Crippen molar-refractivity contribution in [2.45, 2.75) is 50.8 Å². The van der Waals surface area contributed by atoms with Crippen molar-refractivity contribution in [3.8, 4) is 0 Å². The molecule has 6 heteroatoms. The number of nitrogens with zero attached hydrogens (tertiary/aromatic N) is 1. The molecule has 0 aromatic rings. The molecule has 19 heavy (non-hydrogen) atoms. The first-order chi connectivity index (χ1) is 9.13. The highest BCUT2D eigenvalue weighted by Crippen LogP contribution is 2.21. The van der Waals surface area contributed by atoms with Crippen molar-refractivity contribution in [2.75, 3.05) is 19.7 Å². The second-order valence-corrected chi connectivity index (χ2v) is 5.15. The lowest BCUT2D eigenvalue weighted by Gasteiger charge is -2.35. The van der Waals surface area contributed by atoms with Gasteiger partial charge in [-0.15, -0.1) is 0 Å². The van der Waals surface area contributed by atoms with Crippen LogP contribution in [-0.4, -0.2) is 59.8 Å². The van der Waals surface area contributed by atoms with Crippen LogP contribution in [0, 0.1) is 0 Å². The highest BCUT2D eigenvalue weighted by Gasteiger charge is 2.38. The molecule has 0 bridgehead atoms. The van der Waals surface area contributed by atoms with E-state index < -0.39 is 12.1 Å². The number of piperidine rings is 1. The van der Waals surface area contributed by atoms with Crippen molar-refractivity contribution >= 4 is 11.9 Å². The van der Waals surface area contributed by atoms with Gasteiger partial charge in [0, 0.05) is 13.1 Å². The summed E-state index contributed by atoms with van der Waals surface area (Å²) in [6.07, 6.45) is 2.47. The van der Waals surface area contributed by atoms with E-state index in [0.29, 0.717) is 32.5 Å². The molecule has 1 amide bonds. The average Bonchev–Trinajstić information content (AvgIpc) is 2.85. The molecule has 2 saturated heterocycles. The smallest absolute Gasteiger partial charge is 0.328 e. The quantitative estimate of drug-likeness (QED) is 0.686. The number of rotatable bonds is 3. The molecule has 3 unspecified atom stereocenters. The zero-order valence-corrected chi connectivity index (χ0v) is 11.3. The summed E-state index contributed by atoms with van der Waals surface area (Å²) in [5, 5.41) is 12.5. The number of esters is 1. The van der Waals surface area contributed by atoms with E-state index in [1.54, 1.807) is 11.8 Å². The first-order valence-electron chi connectivity index (χ1n) is 7.02. The number of hydrogen-bond donors (Lipinski definition) is 2. The molecule has 2 N–H and O–H groups in total. The van der Waals surface area contributed by atoms with Crippen molar-refractivity contribution in [3.05, 3.63) is 0 Å². The van der Waals surface area contributed by atoms with E-state index in [0.717, 1.165) is 12.8 Å². The van der Waals surface area contributed by atoms with Crippen molar-refractivity contribution in [1.29, 1.82) is 0 Å². The summed E-state index contributed by atoms with van der Waals surface area (Å²) in [6.45, 7) is 3.13. The number of nitrogens with one attached hydrogen (secondary N) is 1. The third-order valence-corrected chi connectivity index (χ3v) is 3.75. The van der Waals surface area contributed by atoms with Crippen LogP contribution >= 0.6 is 0 Å². The van der Waals surface area contributed by atoms with Gasteiger partial charge in [0.05, 0.1) is 18.8 Å². The van der Waals surface area contributed by atoms with Gasteiger partial charge in [0.15, 0.2) is 0 Å². The molecule has 0 spiro atoms. The standard InChI is InChI=1S/C13H22N2O4/c1-2-19-13(18)11-5-3-4-6-15(11)12(17)10-7-9(16)8-14-10/h9-11,14,16H,2-8H2,1H3. The van der Waals surface area contributed by atoms with E-state index in [9.17, 15) is 14.7 Å². The van der Waals surface area contributed by atoms with E-state index in [4.69, 9.17) is 4.74 Å². The topological polar surface area (TPSA) is 78.9 Å². The second-order valence-electron chi connectivity index (χ2n) is 5.15. The molecule has 2 rings (SSSR count). The highest BCUT2D eigenvalue weighted by molar-refractivity contribution is 5.88. The zero-order valence-electron chi connectivity index (χ0n) is 11.3. The third-order valence-electron chi connectivity index (χ3n) is 3.75. The lowest BCUT2D eigenvalue weighted by atomic mass is 10.0. The van der Waals surface area contributed by atoms with Gasteiger partial charge in [-0.05, 0) is 32.6 Å². The van der Waals surface area contributed by atoms with E-state index in [1.165, 1.54) is 0 Å². The normalized spacial score (nSPS) is 31.3. The van der Waals surface area contributed by atoms with Crippen LogP contribution in [0.4, 0.5) is 0 Å². The van der Waals surface area contributed by atoms with Crippen LogP contribution < -0.4 is 5.32 Å². The Labute approximate surface area is 113 Å². The Balaban J connectivity index is 2.02. The molecule has 0 saturated carbocycles. The number of carbonyl (C=O) groups excluding carboxylic acids is 2. The third kappa shape index (κ3) is 3.25. The molecule has 0 aliphatic carbocycles. The fourth-order valence-corrected chi connectivity index (χ4v) is 2.78. The first kappa shape index (κ1) is 14.3. The molecule has 0 aromatic carbocycles. The molecule has 2 aliphatic rings. The number of amides is 1. The minimum Gasteiger partial charge on any atom is -0.464 e. The number of aliphatic hydroxyl groups excluding tert-OH is 1. The first-order valence-corrected chi connectivity index (χ1v) is 7.02. The monoisotopic (exact) mass is 270 g/mol. The fourth-order valence-electron chi connectivity index (χ4n) is 2.78. The van der Waals surface area contributed by atoms with Crippen LogP contribution in [0.25, 0.3) is 0 Å². The number of ether oxygens (including phenoxy) is 1. The van der Waals surface area contributed by atoms with Gasteiger partial charge in [-0.25, -0.2) is 4.79 Å². The molecular weight excluding hydrogens is 248 g/mol. The minimum absolute atomic E-state index is 0.0886. The van der Waals surface area contributed by atoms with Crippen LogP contribution in [0.15, 0.2) is 0 Å². The molecule has 2 fully saturated rings. The molecule has 6 nitrogen and oxygen atoms in total. The summed E-state index contributed by atoms with van der Waals surface area (Å²) in [7, 11) is 0. The van der Waals surface area contributed by atoms with Crippen molar-refractivity contribution in [1.82, 2.24) is 10.2 Å². The van der Waals surface area contributed by atoms with Crippen LogP contribution in [0.2, 0.25) is 0 Å². The van der Waals surface area contributed by atoms with Crippen LogP contribution in [0.5, 0.6) is 0 Å². The maximum Gasteiger partial charge on any atom is 0.328 e. The van der Waals surface area contributed by atoms with Crippen LogP contribution in [-0.2, 0) is 14.3 Å². The summed E-state index contributed by atoms with van der Waals surface area (Å²) >= 11 is 0. The molecule has 0 radical (unpaired) electrons. The van der Waals surface area contributed by atoms with Gasteiger partial charge in [0.1, 0.15) is 6.04 Å². The lowest BCUT2D eigenvalue weighted by Crippen LogP contribution is -2.53. The van der Waals surface area contributed by atoms with Crippen molar-refractivity contribution in [2.24, 2.45) is 0 Å². The predicted molar refractivity (Wildman–Crippen MR) is 68.4 cm³/mol. The van der Waals surface area contributed by atoms with Crippen molar-refractivity contribution in [3.63, 3.8) is 0 Å². The number of aliphatic hydroxyl groups is 1. The Morgan fingerprint density at radius 3 is 2.84 bits per heavy atom. The van der Waals surface area contributed by atoms with E-state index in [2.05, 4.69) is 5.32 Å². The van der Waals surface area contributed by atoms with E-state index >= 15 is 0 Å². The largest absolute Gasteiger partial charge is 0.464 e. The molecule has 0 aromatic heterocycles. The summed E-state index contributed by atoms with van der Waals surface area (Å²) < 4.78 is 5.04. The Kier molecular flexibility index (Phi) is 4.76. The van der Waals surface area contributed by atoms with Gasteiger partial charge in [0.25, 0.3) is 0 Å². The fraction of sp³-hybridized carbons (Fsp3) is 0.846. The minimum atomic E-state index is -0.472. The van der Waals surface area contributed by atoms with Gasteiger partial charge in [0.2, 0.25) is 5.91 Å². The Hall–Kier alpha value is -1.14. The van der Waals surface area contributed by atoms with Gasteiger partial charge in [-0.1, -0.05) is 0 Å². The van der Waals surface area contributed by atoms with Crippen LogP contribution in [0.3, 0.4) is 0 Å². The molecule has 3 atom stereocenters. The number of carbonyl (C=O) groups is 2. The zero-order chi connectivity index (χ0) is 13.8. The number of hydrogen-bond acceptors (Lipinski definition) is 5. The predicted octanol–water partition coefficient (Wildman–Crippen LogP) is -0.347. The Morgan fingerprint density at radius 1 is 1.42 bits per heavy atom. The summed E-state index contributed by atoms with van der Waals surface area (Å²) in [5.74, 6) is -0.400. The summed E-state index contributed by atoms with van der Waals surface area (Å²) in [6, 6.07) is -0.828. The molecule has 2 aliphatic heterocycles. The molecule has 2 heterocycles. The maximum atomic E-state index is 12.4.